The highest BCUT2D eigenvalue weighted by atomic mass is 32.2. The monoisotopic (exact) mass is 759 g/mol. The molecule has 0 unspecified atom stereocenters. The first-order valence-electron chi connectivity index (χ1n) is 19.3. The number of nitrogens with one attached hydrogen (secondary N) is 1. The predicted molar refractivity (Wildman–Crippen MR) is 202 cm³/mol. The first-order chi connectivity index (χ1) is 24.1. The van der Waals surface area contributed by atoms with E-state index in [0.29, 0.717) is 18.8 Å². The van der Waals surface area contributed by atoms with E-state index in [-0.39, 0.29) is 31.6 Å². The number of carboxylic acid groups (broad SMARTS) is 1. The molecular formula is C38H69N3O10S. The van der Waals surface area contributed by atoms with Gasteiger partial charge in [0.1, 0.15) is 17.0 Å². The molecule has 0 spiro atoms. The van der Waals surface area contributed by atoms with Gasteiger partial charge in [0.25, 0.3) is 0 Å². The molecule has 2 saturated carbocycles. The topological polar surface area (TPSA) is 201 Å². The molecule has 0 aromatic heterocycles. The van der Waals surface area contributed by atoms with Gasteiger partial charge in [-0.25, -0.2) is 17.9 Å². The molecule has 0 radical (unpaired) electrons. The van der Waals surface area contributed by atoms with Gasteiger partial charge >= 0.3 is 23.9 Å². The fourth-order valence-electron chi connectivity index (χ4n) is 6.63. The largest absolute Gasteiger partial charge is 0.481 e. The van der Waals surface area contributed by atoms with Gasteiger partial charge in [-0.2, -0.15) is 0 Å². The summed E-state index contributed by atoms with van der Waals surface area (Å²) < 4.78 is 35.0. The molecule has 13 nitrogen and oxygen atoms in total. The van der Waals surface area contributed by atoms with Gasteiger partial charge in [0.05, 0.1) is 30.9 Å². The number of sulfonamides is 1. The average Bonchev–Trinajstić information content (AvgIpc) is 3.01. The lowest BCUT2D eigenvalue weighted by Gasteiger charge is -2.23. The van der Waals surface area contributed by atoms with Crippen molar-refractivity contribution in [3.05, 3.63) is 0 Å². The number of carbonyl (C=O) groups is 4. The second kappa shape index (κ2) is 23.8. The molecule has 2 aliphatic rings. The third kappa shape index (κ3) is 25.3. The van der Waals surface area contributed by atoms with Gasteiger partial charge < -0.3 is 25.2 Å². The molecule has 2 rings (SSSR count). The second-order valence-electron chi connectivity index (χ2n) is 16.6. The summed E-state index contributed by atoms with van der Waals surface area (Å²) >= 11 is 0. The van der Waals surface area contributed by atoms with Crippen molar-refractivity contribution in [1.82, 2.24) is 4.72 Å². The van der Waals surface area contributed by atoms with E-state index in [4.69, 9.17) is 20.0 Å². The molecule has 0 aromatic rings. The van der Waals surface area contributed by atoms with E-state index in [1.165, 1.54) is 64.2 Å². The van der Waals surface area contributed by atoms with Crippen LogP contribution in [0.2, 0.25) is 0 Å². The normalized spacial score (nSPS) is 17.6. The summed E-state index contributed by atoms with van der Waals surface area (Å²) in [7, 11) is -3.33. The minimum Gasteiger partial charge on any atom is -0.481 e. The van der Waals surface area contributed by atoms with Crippen molar-refractivity contribution in [2.75, 3.05) is 12.8 Å². The highest BCUT2D eigenvalue weighted by Gasteiger charge is 2.28. The van der Waals surface area contributed by atoms with Crippen molar-refractivity contribution in [3.8, 4) is 0 Å². The summed E-state index contributed by atoms with van der Waals surface area (Å²) in [6.07, 6.45) is 18.8. The molecule has 302 valence electrons. The van der Waals surface area contributed by atoms with Crippen LogP contribution < -0.4 is 10.5 Å². The molecular weight excluding hydrogens is 690 g/mol. The Balaban J connectivity index is 0.000000560. The Hall–Kier alpha value is -2.74. The number of hydrogen-bond donors (Lipinski definition) is 3. The summed E-state index contributed by atoms with van der Waals surface area (Å²) in [5, 5.41) is 12.9. The van der Waals surface area contributed by atoms with Crippen LogP contribution in [0.3, 0.4) is 0 Å². The van der Waals surface area contributed by atoms with E-state index in [2.05, 4.69) is 9.88 Å². The number of hydrogen-bond acceptors (Lipinski definition) is 10. The second-order valence-corrected chi connectivity index (χ2v) is 18.4. The van der Waals surface area contributed by atoms with Crippen LogP contribution in [0.5, 0.6) is 0 Å². The number of esters is 2. The molecule has 14 heteroatoms. The van der Waals surface area contributed by atoms with Crippen molar-refractivity contribution < 1.29 is 47.0 Å². The summed E-state index contributed by atoms with van der Waals surface area (Å²) in [5.74, 6) is -2.22. The van der Waals surface area contributed by atoms with E-state index >= 15 is 0 Å². The maximum absolute atomic E-state index is 12.6. The van der Waals surface area contributed by atoms with Crippen LogP contribution >= 0.6 is 0 Å². The third-order valence-electron chi connectivity index (χ3n) is 9.13. The van der Waals surface area contributed by atoms with Crippen molar-refractivity contribution in [2.45, 2.75) is 175 Å². The van der Waals surface area contributed by atoms with Crippen molar-refractivity contribution in [3.63, 3.8) is 0 Å². The Labute approximate surface area is 313 Å². The molecule has 2 fully saturated rings. The lowest BCUT2D eigenvalue weighted by molar-refractivity contribution is -0.161. The highest BCUT2D eigenvalue weighted by Crippen LogP contribution is 2.30. The number of ether oxygens (including phenoxy) is 2. The number of aliphatic carboxylic acids is 1. The first-order valence-corrected chi connectivity index (χ1v) is 21.2. The maximum atomic E-state index is 12.6. The molecule has 52 heavy (non-hydrogen) atoms. The summed E-state index contributed by atoms with van der Waals surface area (Å²) in [4.78, 5) is 52.8. The summed E-state index contributed by atoms with van der Waals surface area (Å²) in [6, 6.07) is 0. The number of oxime groups is 1. The van der Waals surface area contributed by atoms with Gasteiger partial charge in [0.2, 0.25) is 10.0 Å². The quantitative estimate of drug-likeness (QED) is 0.0402. The van der Waals surface area contributed by atoms with Crippen LogP contribution in [0, 0.1) is 23.7 Å². The van der Waals surface area contributed by atoms with Gasteiger partial charge in [0, 0.05) is 13.0 Å². The van der Waals surface area contributed by atoms with Gasteiger partial charge in [-0.15, -0.1) is 0 Å². The number of nitrogens with zero attached hydrogens (tertiary/aromatic N) is 1. The summed E-state index contributed by atoms with van der Waals surface area (Å²) in [6.45, 7) is 10.8. The van der Waals surface area contributed by atoms with Gasteiger partial charge in [-0.1, -0.05) is 95.0 Å². The lowest BCUT2D eigenvalue weighted by atomic mass is 9.84. The van der Waals surface area contributed by atoms with Gasteiger partial charge in [-0.3, -0.25) is 14.4 Å². The maximum Gasteiger partial charge on any atom is 0.338 e. The van der Waals surface area contributed by atoms with Crippen molar-refractivity contribution >= 4 is 39.7 Å². The first kappa shape index (κ1) is 47.3. The zero-order chi connectivity index (χ0) is 39.4. The Morgan fingerprint density at radius 3 is 1.60 bits per heavy atom. The number of nitrogens with two attached hydrogens (primary N) is 1. The van der Waals surface area contributed by atoms with E-state index < -0.39 is 56.9 Å². The Morgan fingerprint density at radius 1 is 0.769 bits per heavy atom. The third-order valence-corrected chi connectivity index (χ3v) is 9.85. The van der Waals surface area contributed by atoms with Crippen molar-refractivity contribution in [1.29, 1.82) is 0 Å². The SMILES string of the molecule is CC(C)(C)OC(=O)C[C@@H](CCCC1CCCCC1)C(=O)O.CC(C)(C)OC(=O)C[C@@H](CCCC1CCCCC1)C(=O)O/N=C(\N)CCNS(C)(=O)=O. The molecule has 0 aromatic carbocycles. The zero-order valence-corrected chi connectivity index (χ0v) is 33.8. The van der Waals surface area contributed by atoms with Crippen LogP contribution in [0.1, 0.15) is 164 Å². The highest BCUT2D eigenvalue weighted by molar-refractivity contribution is 7.88. The predicted octanol–water partition coefficient (Wildman–Crippen LogP) is 7.01. The minimum absolute atomic E-state index is 0.0114. The molecule has 0 bridgehead atoms. The van der Waals surface area contributed by atoms with Crippen LogP contribution in [-0.4, -0.2) is 67.2 Å². The minimum atomic E-state index is -3.33. The molecule has 0 amide bonds. The van der Waals surface area contributed by atoms with E-state index in [0.717, 1.165) is 37.9 Å². The zero-order valence-electron chi connectivity index (χ0n) is 33.0. The number of carbonyl (C=O) groups excluding carboxylic acids is 3. The Kier molecular flexibility index (Phi) is 21.7. The van der Waals surface area contributed by atoms with Crippen LogP contribution in [0.4, 0.5) is 0 Å². The lowest BCUT2D eigenvalue weighted by Crippen LogP contribution is -2.29. The van der Waals surface area contributed by atoms with Gasteiger partial charge in [-0.05, 0) is 66.2 Å². The fourth-order valence-corrected chi connectivity index (χ4v) is 7.10. The Bertz CT molecular complexity index is 1230. The molecule has 4 N–H and O–H groups in total. The van der Waals surface area contributed by atoms with Crippen molar-refractivity contribution in [2.24, 2.45) is 34.6 Å². The molecule has 0 aliphatic heterocycles. The average molecular weight is 760 g/mol. The smallest absolute Gasteiger partial charge is 0.338 e. The van der Waals surface area contributed by atoms with E-state index in [1.807, 2.05) is 0 Å². The van der Waals surface area contributed by atoms with Crippen LogP contribution in [0.15, 0.2) is 5.16 Å². The number of amidine groups is 1. The Morgan fingerprint density at radius 2 is 1.19 bits per heavy atom. The number of rotatable bonds is 19. The number of carboxylic acids is 1. The summed E-state index contributed by atoms with van der Waals surface area (Å²) in [5.41, 5.74) is 4.49. The van der Waals surface area contributed by atoms with E-state index in [9.17, 15) is 32.7 Å². The molecule has 2 aliphatic carbocycles. The molecule has 0 saturated heterocycles. The van der Waals surface area contributed by atoms with E-state index in [1.54, 1.807) is 41.5 Å². The standard InChI is InChI=1S/C21H39N3O6S.C17H30O4/c1-21(2,3)29-19(25)15-17(12-8-11-16-9-6-5-7-10-16)20(26)30-24-18(22)13-14-23-31(4,27)28;1-17(2,3)21-15(18)12-14(16(19)20)11-7-10-13-8-5-4-6-9-13/h16-17,23H,5-15H2,1-4H3,(H2,22,24);13-14H,4-12H2,1-3H3,(H,19,20)/t17-;14-/m11/s1. The van der Waals surface area contributed by atoms with Crippen LogP contribution in [0.25, 0.3) is 0 Å². The molecule has 2 atom stereocenters. The fraction of sp³-hybridized carbons (Fsp3) is 0.868. The van der Waals surface area contributed by atoms with Gasteiger partial charge in [0.15, 0.2) is 0 Å². The molecule has 0 heterocycles. The van der Waals surface area contributed by atoms with Crippen LogP contribution in [-0.2, 0) is 43.5 Å².